The molecule has 0 atom stereocenters. The molecule has 0 radical (unpaired) electrons. The molecule has 7 nitrogen and oxygen atoms in total. The van der Waals surface area contributed by atoms with Crippen molar-refractivity contribution in [1.29, 1.82) is 0 Å². The van der Waals surface area contributed by atoms with Crippen molar-refractivity contribution in [3.8, 4) is 5.75 Å². The number of aromatic amines is 1. The first kappa shape index (κ1) is 18.8. The first-order valence-corrected chi connectivity index (χ1v) is 9.95. The van der Waals surface area contributed by atoms with Gasteiger partial charge in [-0.1, -0.05) is 12.1 Å². The molecule has 3 rings (SSSR count). The van der Waals surface area contributed by atoms with Crippen LogP contribution in [0, 0.1) is 19.7 Å². The molecule has 2 aromatic rings. The number of benzene rings is 1. The number of para-hydroxylation sites is 1. The standard InChI is InChI=1S/C17H23FN4O3S/c1-13-17(14(2)20-19-13)26(23,24)22-9-7-21(8-10-22)11-12-25-16-6-4-3-5-15(16)18/h3-6H,7-12H2,1-2H3,(H,19,20). The van der Waals surface area contributed by atoms with E-state index in [4.69, 9.17) is 4.74 Å². The average Bonchev–Trinajstić information content (AvgIpc) is 2.96. The number of aryl methyl sites for hydroxylation is 2. The summed E-state index contributed by atoms with van der Waals surface area (Å²) >= 11 is 0. The van der Waals surface area contributed by atoms with E-state index in [9.17, 15) is 12.8 Å². The van der Waals surface area contributed by atoms with E-state index in [0.717, 1.165) is 0 Å². The maximum absolute atomic E-state index is 13.5. The highest BCUT2D eigenvalue weighted by atomic mass is 32.2. The third-order valence-corrected chi connectivity index (χ3v) is 6.65. The van der Waals surface area contributed by atoms with Crippen LogP contribution in [-0.2, 0) is 10.0 Å². The summed E-state index contributed by atoms with van der Waals surface area (Å²) in [5.74, 6) is -0.145. The van der Waals surface area contributed by atoms with Gasteiger partial charge in [-0.25, -0.2) is 12.8 Å². The minimum atomic E-state index is -3.54. The van der Waals surface area contributed by atoms with Crippen LogP contribution in [0.4, 0.5) is 4.39 Å². The number of halogens is 1. The number of nitrogens with one attached hydrogen (secondary N) is 1. The molecule has 0 unspecified atom stereocenters. The molecule has 0 saturated carbocycles. The molecule has 0 spiro atoms. The van der Waals surface area contributed by atoms with E-state index in [0.29, 0.717) is 50.7 Å². The molecule has 9 heteroatoms. The Kier molecular flexibility index (Phi) is 5.59. The summed E-state index contributed by atoms with van der Waals surface area (Å²) in [5.41, 5.74) is 1.05. The van der Waals surface area contributed by atoms with Crippen molar-refractivity contribution in [3.05, 3.63) is 41.5 Å². The number of H-pyrrole nitrogens is 1. The Bertz CT molecular complexity index is 841. The zero-order valence-electron chi connectivity index (χ0n) is 14.9. The molecule has 1 aliphatic rings. The van der Waals surface area contributed by atoms with Crippen LogP contribution in [0.25, 0.3) is 0 Å². The number of rotatable bonds is 6. The van der Waals surface area contributed by atoms with E-state index in [2.05, 4.69) is 15.1 Å². The highest BCUT2D eigenvalue weighted by Crippen LogP contribution is 2.22. The Labute approximate surface area is 152 Å². The quantitative estimate of drug-likeness (QED) is 0.820. The van der Waals surface area contributed by atoms with Gasteiger partial charge in [-0.3, -0.25) is 10.00 Å². The van der Waals surface area contributed by atoms with Crippen molar-refractivity contribution in [2.45, 2.75) is 18.7 Å². The Morgan fingerprint density at radius 3 is 2.50 bits per heavy atom. The number of hydrogen-bond acceptors (Lipinski definition) is 5. The maximum atomic E-state index is 13.5. The minimum absolute atomic E-state index is 0.236. The van der Waals surface area contributed by atoms with Gasteiger partial charge in [0.2, 0.25) is 10.0 Å². The van der Waals surface area contributed by atoms with E-state index in [1.54, 1.807) is 32.0 Å². The SMILES string of the molecule is Cc1n[nH]c(C)c1S(=O)(=O)N1CCN(CCOc2ccccc2F)CC1. The molecule has 1 aliphatic heterocycles. The van der Waals surface area contributed by atoms with Gasteiger partial charge in [-0.15, -0.1) is 0 Å². The summed E-state index contributed by atoms with van der Waals surface area (Å²) in [5, 5.41) is 6.71. The Morgan fingerprint density at radius 1 is 1.19 bits per heavy atom. The zero-order valence-corrected chi connectivity index (χ0v) is 15.7. The Hall–Kier alpha value is -1.97. The number of ether oxygens (including phenoxy) is 1. The predicted octanol–water partition coefficient (Wildman–Crippen LogP) is 1.55. The van der Waals surface area contributed by atoms with Gasteiger partial charge in [0.25, 0.3) is 0 Å². The first-order valence-electron chi connectivity index (χ1n) is 8.51. The number of hydrogen-bond donors (Lipinski definition) is 1. The third kappa shape index (κ3) is 3.89. The molecule has 1 fully saturated rings. The molecule has 26 heavy (non-hydrogen) atoms. The lowest BCUT2D eigenvalue weighted by atomic mass is 10.3. The van der Waals surface area contributed by atoms with Gasteiger partial charge in [0, 0.05) is 32.7 Å². The van der Waals surface area contributed by atoms with Gasteiger partial charge < -0.3 is 4.74 Å². The van der Waals surface area contributed by atoms with Crippen molar-refractivity contribution in [1.82, 2.24) is 19.4 Å². The molecule has 1 saturated heterocycles. The van der Waals surface area contributed by atoms with E-state index in [1.807, 2.05) is 0 Å². The molecule has 0 amide bonds. The van der Waals surface area contributed by atoms with Gasteiger partial charge in [-0.2, -0.15) is 9.40 Å². The normalized spacial score (nSPS) is 16.7. The summed E-state index contributed by atoms with van der Waals surface area (Å²) in [6.07, 6.45) is 0. The zero-order chi connectivity index (χ0) is 18.7. The molecule has 0 bridgehead atoms. The number of piperazine rings is 1. The Balaban J connectivity index is 1.52. The molecule has 1 N–H and O–H groups in total. The highest BCUT2D eigenvalue weighted by Gasteiger charge is 2.32. The van der Waals surface area contributed by atoms with Gasteiger partial charge in [0.05, 0.1) is 11.4 Å². The second kappa shape index (κ2) is 7.73. The summed E-state index contributed by atoms with van der Waals surface area (Å²) in [6.45, 7) is 6.40. The van der Waals surface area contributed by atoms with E-state index >= 15 is 0 Å². The predicted molar refractivity (Wildman–Crippen MR) is 95.2 cm³/mol. The van der Waals surface area contributed by atoms with E-state index in [-0.39, 0.29) is 16.5 Å². The average molecular weight is 382 g/mol. The molecular weight excluding hydrogens is 359 g/mol. The fraction of sp³-hybridized carbons (Fsp3) is 0.471. The van der Waals surface area contributed by atoms with Crippen molar-refractivity contribution < 1.29 is 17.5 Å². The lowest BCUT2D eigenvalue weighted by Gasteiger charge is -2.33. The van der Waals surface area contributed by atoms with Crippen LogP contribution in [0.2, 0.25) is 0 Å². The third-order valence-electron chi connectivity index (χ3n) is 4.49. The van der Waals surface area contributed by atoms with Crippen LogP contribution in [0.3, 0.4) is 0 Å². The number of nitrogens with zero attached hydrogens (tertiary/aromatic N) is 3. The van der Waals surface area contributed by atoms with Crippen LogP contribution in [0.15, 0.2) is 29.2 Å². The maximum Gasteiger partial charge on any atom is 0.246 e. The molecule has 0 aliphatic carbocycles. The van der Waals surface area contributed by atoms with Crippen molar-refractivity contribution in [3.63, 3.8) is 0 Å². The summed E-state index contributed by atoms with van der Waals surface area (Å²) in [6, 6.07) is 6.29. The van der Waals surface area contributed by atoms with Gasteiger partial charge >= 0.3 is 0 Å². The summed E-state index contributed by atoms with van der Waals surface area (Å²) in [7, 11) is -3.54. The van der Waals surface area contributed by atoms with Crippen LogP contribution < -0.4 is 4.74 Å². The van der Waals surface area contributed by atoms with Crippen LogP contribution in [0.1, 0.15) is 11.4 Å². The van der Waals surface area contributed by atoms with Crippen molar-refractivity contribution >= 4 is 10.0 Å². The van der Waals surface area contributed by atoms with Gasteiger partial charge in [0.1, 0.15) is 11.5 Å². The fourth-order valence-corrected chi connectivity index (χ4v) is 4.84. The summed E-state index contributed by atoms with van der Waals surface area (Å²) in [4.78, 5) is 2.39. The number of sulfonamides is 1. The largest absolute Gasteiger partial charge is 0.489 e. The number of aromatic nitrogens is 2. The van der Waals surface area contributed by atoms with Crippen LogP contribution in [-0.4, -0.2) is 67.2 Å². The van der Waals surface area contributed by atoms with Crippen molar-refractivity contribution in [2.75, 3.05) is 39.3 Å². The summed E-state index contributed by atoms with van der Waals surface area (Å²) < 4.78 is 46.1. The monoisotopic (exact) mass is 382 g/mol. The molecule has 2 heterocycles. The highest BCUT2D eigenvalue weighted by molar-refractivity contribution is 7.89. The van der Waals surface area contributed by atoms with Gasteiger partial charge in [0.15, 0.2) is 11.6 Å². The lowest BCUT2D eigenvalue weighted by molar-refractivity contribution is 0.157. The minimum Gasteiger partial charge on any atom is -0.489 e. The van der Waals surface area contributed by atoms with Crippen LogP contribution >= 0.6 is 0 Å². The first-order chi connectivity index (χ1) is 12.4. The molecule has 1 aromatic carbocycles. The fourth-order valence-electron chi connectivity index (χ4n) is 3.09. The van der Waals surface area contributed by atoms with Crippen LogP contribution in [0.5, 0.6) is 5.75 Å². The van der Waals surface area contributed by atoms with E-state index in [1.165, 1.54) is 10.4 Å². The second-order valence-electron chi connectivity index (χ2n) is 6.29. The molecular formula is C17H23FN4O3S. The van der Waals surface area contributed by atoms with Gasteiger partial charge in [-0.05, 0) is 26.0 Å². The topological polar surface area (TPSA) is 78.5 Å². The van der Waals surface area contributed by atoms with Crippen molar-refractivity contribution in [2.24, 2.45) is 0 Å². The second-order valence-corrected chi connectivity index (χ2v) is 8.16. The molecule has 142 valence electrons. The Morgan fingerprint density at radius 2 is 1.88 bits per heavy atom. The smallest absolute Gasteiger partial charge is 0.246 e. The molecule has 1 aromatic heterocycles. The van der Waals surface area contributed by atoms with E-state index < -0.39 is 10.0 Å². The lowest BCUT2D eigenvalue weighted by Crippen LogP contribution is -2.49.